The Labute approximate surface area is 146 Å². The zero-order valence-electron chi connectivity index (χ0n) is 13.4. The molecule has 2 heterocycles. The molecule has 1 aromatic carbocycles. The highest BCUT2D eigenvalue weighted by Gasteiger charge is 2.13. The number of pyridine rings is 1. The van der Waals surface area contributed by atoms with Crippen molar-refractivity contribution in [1.29, 1.82) is 0 Å². The second-order valence-electron chi connectivity index (χ2n) is 5.66. The quantitative estimate of drug-likeness (QED) is 0.904. The molecule has 0 bridgehead atoms. The van der Waals surface area contributed by atoms with Gasteiger partial charge < -0.3 is 15.0 Å². The minimum absolute atomic E-state index is 0.105. The first-order valence-electron chi connectivity index (χ1n) is 8.03. The molecule has 0 spiro atoms. The number of morpholine rings is 1. The number of hydrogen-bond acceptors (Lipinski definition) is 4. The second kappa shape index (κ2) is 8.13. The highest BCUT2D eigenvalue weighted by atomic mass is 35.5. The molecule has 0 atom stereocenters. The average Bonchev–Trinajstić information content (AvgIpc) is 2.64. The number of rotatable bonds is 5. The highest BCUT2D eigenvalue weighted by Crippen LogP contribution is 2.16. The summed E-state index contributed by atoms with van der Waals surface area (Å²) in [5.41, 5.74) is 2.68. The Balaban J connectivity index is 1.55. The van der Waals surface area contributed by atoms with Crippen LogP contribution < -0.4 is 10.2 Å². The van der Waals surface area contributed by atoms with Gasteiger partial charge in [-0.3, -0.25) is 9.78 Å². The van der Waals surface area contributed by atoms with E-state index in [9.17, 15) is 4.79 Å². The van der Waals surface area contributed by atoms with E-state index >= 15 is 0 Å². The number of hydrogen-bond donors (Lipinski definition) is 1. The number of anilines is 1. The van der Waals surface area contributed by atoms with Crippen LogP contribution >= 0.6 is 11.6 Å². The van der Waals surface area contributed by atoms with Gasteiger partial charge in [0.25, 0.3) is 5.91 Å². The van der Waals surface area contributed by atoms with Gasteiger partial charge in [0.2, 0.25) is 0 Å². The van der Waals surface area contributed by atoms with E-state index in [1.54, 1.807) is 12.4 Å². The average molecular weight is 346 g/mol. The van der Waals surface area contributed by atoms with Gasteiger partial charge in [-0.25, -0.2) is 0 Å². The van der Waals surface area contributed by atoms with Crippen LogP contribution in [0.2, 0.25) is 5.02 Å². The predicted molar refractivity (Wildman–Crippen MR) is 94.8 cm³/mol. The zero-order chi connectivity index (χ0) is 16.8. The zero-order valence-corrected chi connectivity index (χ0v) is 14.1. The van der Waals surface area contributed by atoms with Crippen molar-refractivity contribution < 1.29 is 9.53 Å². The van der Waals surface area contributed by atoms with Crippen LogP contribution in [-0.4, -0.2) is 43.7 Å². The molecular weight excluding hydrogens is 326 g/mol. The second-order valence-corrected chi connectivity index (χ2v) is 6.10. The van der Waals surface area contributed by atoms with Gasteiger partial charge in [0.05, 0.1) is 30.7 Å². The van der Waals surface area contributed by atoms with Crippen molar-refractivity contribution in [2.24, 2.45) is 0 Å². The van der Waals surface area contributed by atoms with Crippen molar-refractivity contribution in [1.82, 2.24) is 10.3 Å². The van der Waals surface area contributed by atoms with Crippen LogP contribution in [-0.2, 0) is 11.2 Å². The molecule has 1 fully saturated rings. The number of nitrogens with one attached hydrogen (secondary N) is 1. The van der Waals surface area contributed by atoms with E-state index in [4.69, 9.17) is 16.3 Å². The number of halogens is 1. The van der Waals surface area contributed by atoms with E-state index in [1.165, 1.54) is 0 Å². The SMILES string of the molecule is O=C(NCCc1ccc(Cl)cc1)c1cncc(N2CCOCC2)c1. The van der Waals surface area contributed by atoms with Gasteiger partial charge in [0, 0.05) is 30.9 Å². The van der Waals surface area contributed by atoms with Crippen LogP contribution in [0.5, 0.6) is 0 Å². The van der Waals surface area contributed by atoms with Gasteiger partial charge in [0.15, 0.2) is 0 Å². The molecule has 0 radical (unpaired) electrons. The Hall–Kier alpha value is -2.11. The summed E-state index contributed by atoms with van der Waals surface area (Å²) in [5.74, 6) is -0.105. The third-order valence-electron chi connectivity index (χ3n) is 3.97. The lowest BCUT2D eigenvalue weighted by Crippen LogP contribution is -2.36. The third kappa shape index (κ3) is 4.46. The van der Waals surface area contributed by atoms with Gasteiger partial charge in [-0.1, -0.05) is 23.7 Å². The number of nitrogens with zero attached hydrogens (tertiary/aromatic N) is 2. The molecule has 1 aliphatic rings. The minimum atomic E-state index is -0.105. The van der Waals surface area contributed by atoms with Gasteiger partial charge in [0.1, 0.15) is 0 Å². The summed E-state index contributed by atoms with van der Waals surface area (Å²) < 4.78 is 5.35. The van der Waals surface area contributed by atoms with Crippen molar-refractivity contribution in [3.63, 3.8) is 0 Å². The van der Waals surface area contributed by atoms with Crippen molar-refractivity contribution in [3.8, 4) is 0 Å². The first-order chi connectivity index (χ1) is 11.7. The van der Waals surface area contributed by atoms with Gasteiger partial charge in [-0.05, 0) is 30.2 Å². The predicted octanol–water partition coefficient (Wildman–Crippen LogP) is 2.54. The standard InChI is InChI=1S/C18H20ClN3O2/c19-16-3-1-14(2-4-16)5-6-21-18(23)15-11-17(13-20-12-15)22-7-9-24-10-8-22/h1-4,11-13H,5-10H2,(H,21,23). The fraction of sp³-hybridized carbons (Fsp3) is 0.333. The summed E-state index contributed by atoms with van der Waals surface area (Å²) in [6, 6.07) is 9.53. The number of carbonyl (C=O) groups is 1. The maximum atomic E-state index is 12.3. The highest BCUT2D eigenvalue weighted by molar-refractivity contribution is 6.30. The van der Waals surface area contributed by atoms with Gasteiger partial charge in [-0.2, -0.15) is 0 Å². The summed E-state index contributed by atoms with van der Waals surface area (Å²) in [6.45, 7) is 3.63. The van der Waals surface area contributed by atoms with Crippen molar-refractivity contribution in [2.75, 3.05) is 37.7 Å². The van der Waals surface area contributed by atoms with E-state index < -0.39 is 0 Å². The van der Waals surface area contributed by atoms with E-state index in [-0.39, 0.29) is 5.91 Å². The molecule has 6 heteroatoms. The van der Waals surface area contributed by atoms with Crippen LogP contribution in [0.25, 0.3) is 0 Å². The monoisotopic (exact) mass is 345 g/mol. The first kappa shape index (κ1) is 16.7. The molecule has 0 saturated carbocycles. The molecule has 1 saturated heterocycles. The minimum Gasteiger partial charge on any atom is -0.378 e. The Bertz CT molecular complexity index is 685. The van der Waals surface area contributed by atoms with Gasteiger partial charge in [-0.15, -0.1) is 0 Å². The molecule has 1 N–H and O–H groups in total. The summed E-state index contributed by atoms with van der Waals surface area (Å²) in [7, 11) is 0. The van der Waals surface area contributed by atoms with Crippen molar-refractivity contribution in [2.45, 2.75) is 6.42 Å². The number of benzene rings is 1. The molecule has 1 aliphatic heterocycles. The normalized spacial score (nSPS) is 14.5. The molecule has 1 amide bonds. The van der Waals surface area contributed by atoms with Crippen LogP contribution in [0.4, 0.5) is 5.69 Å². The number of carbonyl (C=O) groups excluding carboxylic acids is 1. The topological polar surface area (TPSA) is 54.5 Å². The number of amides is 1. The molecule has 1 aromatic heterocycles. The molecular formula is C18H20ClN3O2. The Kier molecular flexibility index (Phi) is 5.67. The van der Waals surface area contributed by atoms with Crippen LogP contribution in [0.3, 0.4) is 0 Å². The Morgan fingerprint density at radius 3 is 2.71 bits per heavy atom. The first-order valence-corrected chi connectivity index (χ1v) is 8.40. The summed E-state index contributed by atoms with van der Waals surface area (Å²) >= 11 is 5.87. The van der Waals surface area contributed by atoms with Crippen molar-refractivity contribution >= 4 is 23.2 Å². The van der Waals surface area contributed by atoms with Gasteiger partial charge >= 0.3 is 0 Å². The number of aromatic nitrogens is 1. The van der Waals surface area contributed by atoms with Crippen molar-refractivity contribution in [3.05, 3.63) is 58.9 Å². The number of ether oxygens (including phenoxy) is 1. The summed E-state index contributed by atoms with van der Waals surface area (Å²) in [5, 5.41) is 3.65. The lowest BCUT2D eigenvalue weighted by atomic mass is 10.1. The van der Waals surface area contributed by atoms with Crippen LogP contribution in [0.15, 0.2) is 42.7 Å². The summed E-state index contributed by atoms with van der Waals surface area (Å²) in [4.78, 5) is 18.7. The fourth-order valence-electron chi connectivity index (χ4n) is 2.62. The van der Waals surface area contributed by atoms with E-state index in [2.05, 4.69) is 15.2 Å². The molecule has 126 valence electrons. The Morgan fingerprint density at radius 1 is 1.21 bits per heavy atom. The smallest absolute Gasteiger partial charge is 0.252 e. The van der Waals surface area contributed by atoms with E-state index in [0.29, 0.717) is 30.3 Å². The molecule has 0 aliphatic carbocycles. The summed E-state index contributed by atoms with van der Waals surface area (Å²) in [6.07, 6.45) is 4.15. The van der Waals surface area contributed by atoms with Crippen LogP contribution in [0.1, 0.15) is 15.9 Å². The molecule has 24 heavy (non-hydrogen) atoms. The third-order valence-corrected chi connectivity index (χ3v) is 4.23. The lowest BCUT2D eigenvalue weighted by molar-refractivity contribution is 0.0954. The maximum absolute atomic E-state index is 12.3. The van der Waals surface area contributed by atoms with E-state index in [0.717, 1.165) is 30.8 Å². The van der Waals surface area contributed by atoms with E-state index in [1.807, 2.05) is 30.3 Å². The van der Waals surface area contributed by atoms with Crippen LogP contribution in [0, 0.1) is 0 Å². The fourth-order valence-corrected chi connectivity index (χ4v) is 2.75. The maximum Gasteiger partial charge on any atom is 0.252 e. The molecule has 3 rings (SSSR count). The Morgan fingerprint density at radius 2 is 1.96 bits per heavy atom. The lowest BCUT2D eigenvalue weighted by Gasteiger charge is -2.28. The molecule has 5 nitrogen and oxygen atoms in total. The molecule has 2 aromatic rings. The molecule has 0 unspecified atom stereocenters. The largest absolute Gasteiger partial charge is 0.378 e.